The molecule has 1 aromatic rings. The van der Waals surface area contributed by atoms with E-state index in [0.717, 1.165) is 11.3 Å². The smallest absolute Gasteiger partial charge is 0.316 e. The van der Waals surface area contributed by atoms with Gasteiger partial charge >= 0.3 is 11.8 Å². The average Bonchev–Trinajstić information content (AvgIpc) is 2.36. The number of amides is 2. The fourth-order valence-corrected chi connectivity index (χ4v) is 1.62. The van der Waals surface area contributed by atoms with Gasteiger partial charge in [0.15, 0.2) is 0 Å². The third kappa shape index (κ3) is 3.56. The number of anilines is 1. The van der Waals surface area contributed by atoms with Crippen molar-refractivity contribution in [3.05, 3.63) is 29.8 Å². The summed E-state index contributed by atoms with van der Waals surface area (Å²) in [5.74, 6) is -1.18. The van der Waals surface area contributed by atoms with E-state index < -0.39 is 11.8 Å². The third-order valence-corrected chi connectivity index (χ3v) is 2.50. The quantitative estimate of drug-likeness (QED) is 0.759. The molecule has 0 spiro atoms. The van der Waals surface area contributed by atoms with Crippen LogP contribution in [0.2, 0.25) is 0 Å². The molecule has 0 saturated carbocycles. The Morgan fingerprint density at radius 3 is 2.67 bits per heavy atom. The Balaban J connectivity index is 2.83. The molecule has 2 amide bonds. The van der Waals surface area contributed by atoms with Crippen molar-refractivity contribution < 1.29 is 9.59 Å². The van der Waals surface area contributed by atoms with Crippen LogP contribution in [-0.2, 0) is 9.59 Å². The van der Waals surface area contributed by atoms with Crippen LogP contribution >= 0.6 is 0 Å². The second-order valence-corrected chi connectivity index (χ2v) is 3.93. The molecule has 0 bridgehead atoms. The maximum absolute atomic E-state index is 12.0. The van der Waals surface area contributed by atoms with Crippen molar-refractivity contribution in [1.29, 1.82) is 0 Å². The largest absolute Gasteiger partial charge is 0.347 e. The minimum absolute atomic E-state index is 0.302. The molecule has 5 heteroatoms. The second kappa shape index (κ2) is 6.76. The molecule has 0 aliphatic heterocycles. The van der Waals surface area contributed by atoms with E-state index in [1.807, 2.05) is 38.1 Å². The van der Waals surface area contributed by atoms with Crippen molar-refractivity contribution in [2.45, 2.75) is 13.8 Å². The van der Waals surface area contributed by atoms with Gasteiger partial charge in [-0.25, -0.2) is 0 Å². The van der Waals surface area contributed by atoms with Gasteiger partial charge in [0.25, 0.3) is 0 Å². The van der Waals surface area contributed by atoms with E-state index in [1.165, 1.54) is 4.90 Å². The predicted octanol–water partition coefficient (Wildman–Crippen LogP) is 0.423. The highest BCUT2D eigenvalue weighted by atomic mass is 16.2. The summed E-state index contributed by atoms with van der Waals surface area (Å²) in [6.07, 6.45) is 0. The number of aryl methyl sites for hydroxylation is 1. The minimum Gasteiger partial charge on any atom is -0.347 e. The summed E-state index contributed by atoms with van der Waals surface area (Å²) in [4.78, 5) is 25.0. The molecule has 0 atom stereocenters. The maximum Gasteiger partial charge on any atom is 0.316 e. The summed E-state index contributed by atoms with van der Waals surface area (Å²) in [5.41, 5.74) is 7.05. The van der Waals surface area contributed by atoms with Crippen molar-refractivity contribution >= 4 is 17.5 Å². The molecule has 0 fully saturated rings. The normalized spacial score (nSPS) is 9.94. The fourth-order valence-electron chi connectivity index (χ4n) is 1.62. The van der Waals surface area contributed by atoms with Crippen molar-refractivity contribution in [2.24, 2.45) is 5.73 Å². The highest BCUT2D eigenvalue weighted by molar-refractivity contribution is 6.40. The van der Waals surface area contributed by atoms with Gasteiger partial charge in [-0.1, -0.05) is 12.1 Å². The SMILES string of the molecule is CCN(C(=O)C(=O)NCCN)c1cccc(C)c1. The molecule has 0 saturated heterocycles. The van der Waals surface area contributed by atoms with Crippen LogP contribution < -0.4 is 16.0 Å². The number of nitrogens with zero attached hydrogens (tertiary/aromatic N) is 1. The maximum atomic E-state index is 12.0. The topological polar surface area (TPSA) is 75.4 Å². The number of hydrogen-bond acceptors (Lipinski definition) is 3. The first-order valence-electron chi connectivity index (χ1n) is 5.96. The average molecular weight is 249 g/mol. The Bertz CT molecular complexity index is 432. The Labute approximate surface area is 107 Å². The molecule has 1 rings (SSSR count). The Kier molecular flexibility index (Phi) is 5.32. The lowest BCUT2D eigenvalue weighted by Crippen LogP contribution is -2.44. The van der Waals surface area contributed by atoms with E-state index in [0.29, 0.717) is 19.6 Å². The fraction of sp³-hybridized carbons (Fsp3) is 0.385. The molecule has 0 heterocycles. The van der Waals surface area contributed by atoms with Crippen LogP contribution in [0.25, 0.3) is 0 Å². The Morgan fingerprint density at radius 1 is 1.39 bits per heavy atom. The van der Waals surface area contributed by atoms with E-state index in [-0.39, 0.29) is 0 Å². The summed E-state index contributed by atoms with van der Waals surface area (Å²) in [6.45, 7) is 4.83. The predicted molar refractivity (Wildman–Crippen MR) is 71.3 cm³/mol. The molecule has 1 aromatic carbocycles. The van der Waals surface area contributed by atoms with E-state index in [9.17, 15) is 9.59 Å². The highest BCUT2D eigenvalue weighted by Gasteiger charge is 2.21. The third-order valence-electron chi connectivity index (χ3n) is 2.50. The summed E-state index contributed by atoms with van der Waals surface area (Å²) in [6, 6.07) is 7.48. The van der Waals surface area contributed by atoms with Crippen LogP contribution in [0.3, 0.4) is 0 Å². The molecule has 0 unspecified atom stereocenters. The molecule has 18 heavy (non-hydrogen) atoms. The number of nitrogens with two attached hydrogens (primary N) is 1. The molecular weight excluding hydrogens is 230 g/mol. The van der Waals surface area contributed by atoms with Crippen molar-refractivity contribution in [1.82, 2.24) is 5.32 Å². The van der Waals surface area contributed by atoms with Crippen molar-refractivity contribution in [3.63, 3.8) is 0 Å². The lowest BCUT2D eigenvalue weighted by Gasteiger charge is -2.20. The van der Waals surface area contributed by atoms with E-state index in [4.69, 9.17) is 5.73 Å². The van der Waals surface area contributed by atoms with Crippen molar-refractivity contribution in [3.8, 4) is 0 Å². The van der Waals surface area contributed by atoms with Crippen LogP contribution in [0.5, 0.6) is 0 Å². The number of carbonyl (C=O) groups excluding carboxylic acids is 2. The molecule has 5 nitrogen and oxygen atoms in total. The summed E-state index contributed by atoms with van der Waals surface area (Å²) in [7, 11) is 0. The molecule has 0 aliphatic rings. The van der Waals surface area contributed by atoms with Crippen LogP contribution in [-0.4, -0.2) is 31.4 Å². The number of benzene rings is 1. The van der Waals surface area contributed by atoms with Gasteiger partial charge in [0.1, 0.15) is 0 Å². The minimum atomic E-state index is -0.621. The van der Waals surface area contributed by atoms with Gasteiger partial charge < -0.3 is 16.0 Å². The number of likely N-dealkylation sites (N-methyl/N-ethyl adjacent to an activating group) is 1. The summed E-state index contributed by atoms with van der Waals surface area (Å²) in [5, 5.41) is 2.48. The second-order valence-electron chi connectivity index (χ2n) is 3.93. The summed E-state index contributed by atoms with van der Waals surface area (Å²) >= 11 is 0. The van der Waals surface area contributed by atoms with Gasteiger partial charge in [0.2, 0.25) is 0 Å². The van der Waals surface area contributed by atoms with E-state index in [1.54, 1.807) is 0 Å². The lowest BCUT2D eigenvalue weighted by atomic mass is 10.2. The standard InChI is InChI=1S/C13H19N3O2/c1-3-16(11-6-4-5-10(2)9-11)13(18)12(17)15-8-7-14/h4-6,9H,3,7-8,14H2,1-2H3,(H,15,17). The van der Waals surface area contributed by atoms with Gasteiger partial charge in [-0.15, -0.1) is 0 Å². The van der Waals surface area contributed by atoms with Crippen molar-refractivity contribution in [2.75, 3.05) is 24.5 Å². The first-order chi connectivity index (χ1) is 8.60. The number of nitrogens with one attached hydrogen (secondary N) is 1. The molecule has 3 N–H and O–H groups in total. The zero-order valence-corrected chi connectivity index (χ0v) is 10.8. The molecule has 98 valence electrons. The number of hydrogen-bond donors (Lipinski definition) is 2. The first kappa shape index (κ1) is 14.2. The van der Waals surface area contributed by atoms with E-state index in [2.05, 4.69) is 5.32 Å². The Hall–Kier alpha value is -1.88. The van der Waals surface area contributed by atoms with Crippen LogP contribution in [0.1, 0.15) is 12.5 Å². The molecule has 0 aliphatic carbocycles. The van der Waals surface area contributed by atoms with Gasteiger partial charge in [-0.05, 0) is 31.5 Å². The van der Waals surface area contributed by atoms with Crippen LogP contribution in [0.15, 0.2) is 24.3 Å². The van der Waals surface area contributed by atoms with Gasteiger partial charge in [0.05, 0.1) is 0 Å². The molecule has 0 radical (unpaired) electrons. The number of carbonyl (C=O) groups is 2. The Morgan fingerprint density at radius 2 is 2.11 bits per heavy atom. The highest BCUT2D eigenvalue weighted by Crippen LogP contribution is 2.15. The van der Waals surface area contributed by atoms with Crippen LogP contribution in [0, 0.1) is 6.92 Å². The molecular formula is C13H19N3O2. The van der Waals surface area contributed by atoms with Gasteiger partial charge in [0, 0.05) is 25.3 Å². The summed E-state index contributed by atoms with van der Waals surface area (Å²) < 4.78 is 0. The zero-order valence-electron chi connectivity index (χ0n) is 10.8. The molecule has 0 aromatic heterocycles. The van der Waals surface area contributed by atoms with Gasteiger partial charge in [-0.3, -0.25) is 9.59 Å². The zero-order chi connectivity index (χ0) is 13.5. The van der Waals surface area contributed by atoms with Crippen LogP contribution in [0.4, 0.5) is 5.69 Å². The first-order valence-corrected chi connectivity index (χ1v) is 5.96. The number of rotatable bonds is 4. The lowest BCUT2D eigenvalue weighted by molar-refractivity contribution is -0.137. The van der Waals surface area contributed by atoms with Gasteiger partial charge in [-0.2, -0.15) is 0 Å². The van der Waals surface area contributed by atoms with E-state index >= 15 is 0 Å². The monoisotopic (exact) mass is 249 g/mol.